The standard InChI is InChI=1S/C12H9IN2O3/c1-8-12(15(16)17)11(18-14-8)7-4-9-2-5-10(13)6-3-9/h2-7H,1H3/b7-4+. The van der Waals surface area contributed by atoms with E-state index in [1.807, 2.05) is 24.3 Å². The first-order chi connectivity index (χ1) is 8.58. The highest BCUT2D eigenvalue weighted by molar-refractivity contribution is 14.1. The van der Waals surface area contributed by atoms with Gasteiger partial charge in [0.05, 0.1) is 4.92 Å². The molecule has 0 aliphatic carbocycles. The Labute approximate surface area is 117 Å². The van der Waals surface area contributed by atoms with Crippen molar-refractivity contribution in [3.63, 3.8) is 0 Å². The van der Waals surface area contributed by atoms with Gasteiger partial charge in [-0.15, -0.1) is 0 Å². The van der Waals surface area contributed by atoms with E-state index in [9.17, 15) is 10.1 Å². The summed E-state index contributed by atoms with van der Waals surface area (Å²) < 4.78 is 6.05. The molecule has 0 bridgehead atoms. The minimum absolute atomic E-state index is 0.0863. The molecule has 92 valence electrons. The predicted molar refractivity (Wildman–Crippen MR) is 76.0 cm³/mol. The summed E-state index contributed by atoms with van der Waals surface area (Å²) in [4.78, 5) is 10.3. The van der Waals surface area contributed by atoms with E-state index in [2.05, 4.69) is 27.7 Å². The second-order valence-electron chi connectivity index (χ2n) is 3.62. The van der Waals surface area contributed by atoms with Crippen LogP contribution in [0.15, 0.2) is 28.8 Å². The molecule has 1 aromatic carbocycles. The largest absolute Gasteiger partial charge is 0.349 e. The molecule has 0 aliphatic rings. The first-order valence-corrected chi connectivity index (χ1v) is 6.20. The van der Waals surface area contributed by atoms with E-state index in [1.54, 1.807) is 19.1 Å². The Morgan fingerprint density at radius 1 is 1.33 bits per heavy atom. The summed E-state index contributed by atoms with van der Waals surface area (Å²) in [5.74, 6) is 0.163. The van der Waals surface area contributed by atoms with Crippen molar-refractivity contribution in [3.05, 3.63) is 55.0 Å². The molecule has 1 aromatic heterocycles. The lowest BCUT2D eigenvalue weighted by atomic mass is 10.2. The molecule has 0 atom stereocenters. The maximum absolute atomic E-state index is 10.8. The van der Waals surface area contributed by atoms with Gasteiger partial charge in [-0.05, 0) is 53.3 Å². The van der Waals surface area contributed by atoms with Gasteiger partial charge in [-0.3, -0.25) is 10.1 Å². The van der Waals surface area contributed by atoms with Crippen LogP contribution in [0.1, 0.15) is 17.0 Å². The Bertz CT molecular complexity index is 602. The van der Waals surface area contributed by atoms with Crippen molar-refractivity contribution in [1.82, 2.24) is 5.16 Å². The fourth-order valence-corrected chi connectivity index (χ4v) is 1.82. The second-order valence-corrected chi connectivity index (χ2v) is 4.87. The van der Waals surface area contributed by atoms with Gasteiger partial charge in [0.15, 0.2) is 5.69 Å². The van der Waals surface area contributed by atoms with E-state index in [4.69, 9.17) is 4.52 Å². The maximum Gasteiger partial charge on any atom is 0.338 e. The highest BCUT2D eigenvalue weighted by atomic mass is 127. The highest BCUT2D eigenvalue weighted by Crippen LogP contribution is 2.24. The van der Waals surface area contributed by atoms with Gasteiger partial charge in [0.1, 0.15) is 0 Å². The Morgan fingerprint density at radius 2 is 2.00 bits per heavy atom. The van der Waals surface area contributed by atoms with E-state index >= 15 is 0 Å². The molecule has 2 rings (SSSR count). The molecule has 0 aliphatic heterocycles. The third-order valence-electron chi connectivity index (χ3n) is 2.34. The average Bonchev–Trinajstić information content (AvgIpc) is 2.70. The molecule has 0 fully saturated rings. The molecule has 0 amide bonds. The van der Waals surface area contributed by atoms with Gasteiger partial charge < -0.3 is 4.52 Å². The van der Waals surface area contributed by atoms with Crippen LogP contribution < -0.4 is 0 Å². The minimum Gasteiger partial charge on any atom is -0.349 e. The second kappa shape index (κ2) is 5.30. The van der Waals surface area contributed by atoms with E-state index in [0.29, 0.717) is 0 Å². The molecule has 18 heavy (non-hydrogen) atoms. The lowest BCUT2D eigenvalue weighted by molar-refractivity contribution is -0.386. The Balaban J connectivity index is 2.29. The van der Waals surface area contributed by atoms with Gasteiger partial charge in [-0.25, -0.2) is 0 Å². The smallest absolute Gasteiger partial charge is 0.338 e. The first-order valence-electron chi connectivity index (χ1n) is 5.12. The van der Waals surface area contributed by atoms with Crippen LogP contribution in [-0.2, 0) is 0 Å². The van der Waals surface area contributed by atoms with Crippen molar-refractivity contribution in [2.24, 2.45) is 0 Å². The molecule has 0 saturated heterocycles. The number of halogens is 1. The van der Waals surface area contributed by atoms with Crippen LogP contribution in [0.3, 0.4) is 0 Å². The third-order valence-corrected chi connectivity index (χ3v) is 3.06. The average molecular weight is 356 g/mol. The topological polar surface area (TPSA) is 69.2 Å². The van der Waals surface area contributed by atoms with Crippen LogP contribution in [0.2, 0.25) is 0 Å². The van der Waals surface area contributed by atoms with Crippen LogP contribution in [0.25, 0.3) is 12.2 Å². The highest BCUT2D eigenvalue weighted by Gasteiger charge is 2.21. The van der Waals surface area contributed by atoms with Gasteiger partial charge in [-0.2, -0.15) is 0 Å². The van der Waals surface area contributed by atoms with Crippen molar-refractivity contribution >= 4 is 40.4 Å². The minimum atomic E-state index is -0.487. The van der Waals surface area contributed by atoms with Crippen molar-refractivity contribution in [1.29, 1.82) is 0 Å². The summed E-state index contributed by atoms with van der Waals surface area (Å²) in [7, 11) is 0. The number of nitro groups is 1. The summed E-state index contributed by atoms with van der Waals surface area (Å²) in [6, 6.07) is 7.77. The molecular formula is C12H9IN2O3. The summed E-state index contributed by atoms with van der Waals surface area (Å²) in [5.41, 5.74) is 1.14. The lowest BCUT2D eigenvalue weighted by Gasteiger charge is -1.92. The molecule has 6 heteroatoms. The van der Waals surface area contributed by atoms with Gasteiger partial charge >= 0.3 is 5.69 Å². The van der Waals surface area contributed by atoms with E-state index < -0.39 is 4.92 Å². The van der Waals surface area contributed by atoms with E-state index in [-0.39, 0.29) is 17.1 Å². The number of hydrogen-bond donors (Lipinski definition) is 0. The summed E-state index contributed by atoms with van der Waals surface area (Å²) in [6.45, 7) is 1.55. The van der Waals surface area contributed by atoms with Crippen LogP contribution in [0.4, 0.5) is 5.69 Å². The number of aromatic nitrogens is 1. The number of hydrogen-bond acceptors (Lipinski definition) is 4. The molecular weight excluding hydrogens is 347 g/mol. The Hall–Kier alpha value is -1.70. The molecule has 0 unspecified atom stereocenters. The number of nitrogens with zero attached hydrogens (tertiary/aromatic N) is 2. The fraction of sp³-hybridized carbons (Fsp3) is 0.0833. The molecule has 0 spiro atoms. The molecule has 5 nitrogen and oxygen atoms in total. The van der Waals surface area contributed by atoms with Gasteiger partial charge in [0, 0.05) is 3.57 Å². The SMILES string of the molecule is Cc1noc(/C=C/c2ccc(I)cc2)c1[N+](=O)[O-]. The van der Waals surface area contributed by atoms with Gasteiger partial charge in [0.25, 0.3) is 0 Å². The number of aryl methyl sites for hydroxylation is 1. The normalized spacial score (nSPS) is 11.0. The zero-order valence-electron chi connectivity index (χ0n) is 9.46. The number of rotatable bonds is 3. The van der Waals surface area contributed by atoms with E-state index in [0.717, 1.165) is 9.13 Å². The van der Waals surface area contributed by atoms with Crippen molar-refractivity contribution in [3.8, 4) is 0 Å². The van der Waals surface area contributed by atoms with Crippen LogP contribution in [-0.4, -0.2) is 10.1 Å². The zero-order chi connectivity index (χ0) is 13.1. The van der Waals surface area contributed by atoms with Crippen molar-refractivity contribution < 1.29 is 9.45 Å². The third kappa shape index (κ3) is 2.76. The summed E-state index contributed by atoms with van der Waals surface area (Å²) in [5, 5.41) is 14.4. The quantitative estimate of drug-likeness (QED) is 0.478. The summed E-state index contributed by atoms with van der Waals surface area (Å²) in [6.07, 6.45) is 3.31. The fourth-order valence-electron chi connectivity index (χ4n) is 1.46. The monoisotopic (exact) mass is 356 g/mol. The maximum atomic E-state index is 10.8. The van der Waals surface area contributed by atoms with Crippen molar-refractivity contribution in [2.45, 2.75) is 6.92 Å². The molecule has 0 radical (unpaired) electrons. The molecule has 1 heterocycles. The summed E-state index contributed by atoms with van der Waals surface area (Å²) >= 11 is 2.21. The zero-order valence-corrected chi connectivity index (χ0v) is 11.6. The van der Waals surface area contributed by atoms with Crippen LogP contribution in [0.5, 0.6) is 0 Å². The van der Waals surface area contributed by atoms with Crippen molar-refractivity contribution in [2.75, 3.05) is 0 Å². The van der Waals surface area contributed by atoms with E-state index in [1.165, 1.54) is 0 Å². The predicted octanol–water partition coefficient (Wildman–Crippen LogP) is 3.67. The Kier molecular flexibility index (Phi) is 3.75. The Morgan fingerprint density at radius 3 is 2.61 bits per heavy atom. The van der Waals surface area contributed by atoms with Gasteiger partial charge in [-0.1, -0.05) is 23.4 Å². The van der Waals surface area contributed by atoms with Crippen LogP contribution >= 0.6 is 22.6 Å². The first kappa shape index (κ1) is 12.7. The van der Waals surface area contributed by atoms with Gasteiger partial charge in [0.2, 0.25) is 5.76 Å². The molecule has 0 N–H and O–H groups in total. The molecule has 0 saturated carbocycles. The lowest BCUT2D eigenvalue weighted by Crippen LogP contribution is -1.90. The van der Waals surface area contributed by atoms with Crippen LogP contribution in [0, 0.1) is 20.6 Å². The number of benzene rings is 1. The molecule has 2 aromatic rings.